The van der Waals surface area contributed by atoms with Crippen LogP contribution in [0.15, 0.2) is 12.1 Å². The van der Waals surface area contributed by atoms with Crippen LogP contribution < -0.4 is 14.2 Å². The number of hydrogen-bond acceptors (Lipinski definition) is 4. The highest BCUT2D eigenvalue weighted by Crippen LogP contribution is 2.38. The van der Waals surface area contributed by atoms with Gasteiger partial charge in [0.2, 0.25) is 5.75 Å². The summed E-state index contributed by atoms with van der Waals surface area (Å²) < 4.78 is 15.5. The van der Waals surface area contributed by atoms with Gasteiger partial charge < -0.3 is 19.0 Å². The van der Waals surface area contributed by atoms with Crippen LogP contribution in [0.25, 0.3) is 0 Å². The second-order valence-corrected chi connectivity index (χ2v) is 2.65. The van der Waals surface area contributed by atoms with E-state index in [1.54, 1.807) is 21.3 Å². The molecule has 1 aromatic rings. The summed E-state index contributed by atoms with van der Waals surface area (Å²) in [5.41, 5.74) is 1.03. The molecule has 0 amide bonds. The first-order chi connectivity index (χ1) is 7.24. The van der Waals surface area contributed by atoms with E-state index in [9.17, 15) is 0 Å². The number of carbonyl (C=O) groups is 1. The Morgan fingerprint density at radius 2 is 1.47 bits per heavy atom. The summed E-state index contributed by atoms with van der Waals surface area (Å²) in [5.74, 6) is 2.05. The zero-order chi connectivity index (χ0) is 11.8. The number of carbonyl (C=O) groups excluding carboxylic acids is 1. The highest BCUT2D eigenvalue weighted by Gasteiger charge is 2.12. The maximum absolute atomic E-state index is 8.00. The number of benzene rings is 1. The largest absolute Gasteiger partial charge is 0.493 e. The second kappa shape index (κ2) is 6.70. The van der Waals surface area contributed by atoms with Crippen molar-refractivity contribution in [1.82, 2.24) is 0 Å². The van der Waals surface area contributed by atoms with Gasteiger partial charge in [-0.3, -0.25) is 0 Å². The molecule has 4 heteroatoms. The molecule has 0 spiro atoms. The smallest absolute Gasteiger partial charge is 0.203 e. The zero-order valence-electron chi connectivity index (χ0n) is 9.49. The molecule has 1 aromatic carbocycles. The lowest BCUT2D eigenvalue weighted by Gasteiger charge is -2.13. The maximum atomic E-state index is 8.00. The van der Waals surface area contributed by atoms with Gasteiger partial charge in [0.25, 0.3) is 0 Å². The van der Waals surface area contributed by atoms with Crippen molar-refractivity contribution in [2.45, 2.75) is 6.92 Å². The van der Waals surface area contributed by atoms with Crippen LogP contribution in [0.3, 0.4) is 0 Å². The van der Waals surface area contributed by atoms with E-state index in [0.29, 0.717) is 11.5 Å². The maximum Gasteiger partial charge on any atom is 0.203 e. The summed E-state index contributed by atoms with van der Waals surface area (Å²) >= 11 is 0. The van der Waals surface area contributed by atoms with Crippen molar-refractivity contribution in [3.8, 4) is 17.2 Å². The predicted octanol–water partition coefficient (Wildman–Crippen LogP) is 1.84. The quantitative estimate of drug-likeness (QED) is 0.766. The van der Waals surface area contributed by atoms with Gasteiger partial charge in [-0.2, -0.15) is 0 Å². The molecule has 0 saturated carbocycles. The van der Waals surface area contributed by atoms with Gasteiger partial charge >= 0.3 is 0 Å². The highest BCUT2D eigenvalue weighted by atomic mass is 16.5. The number of hydrogen-bond donors (Lipinski definition) is 0. The summed E-state index contributed by atoms with van der Waals surface area (Å²) in [4.78, 5) is 8.00. The molecule has 0 heterocycles. The topological polar surface area (TPSA) is 44.8 Å². The minimum atomic E-state index is 0.644. The van der Waals surface area contributed by atoms with E-state index in [-0.39, 0.29) is 0 Å². The fourth-order valence-corrected chi connectivity index (χ4v) is 1.25. The SMILES string of the molecule is C=O.COc1ccc(C)c(OC)c1OC. The van der Waals surface area contributed by atoms with Gasteiger partial charge in [-0.1, -0.05) is 6.07 Å². The molecule has 0 radical (unpaired) electrons. The van der Waals surface area contributed by atoms with Crippen LogP contribution >= 0.6 is 0 Å². The van der Waals surface area contributed by atoms with Crippen molar-refractivity contribution in [3.05, 3.63) is 17.7 Å². The Balaban J connectivity index is 0.000000921. The van der Waals surface area contributed by atoms with Gasteiger partial charge in [-0.25, -0.2) is 0 Å². The number of methoxy groups -OCH3 is 3. The molecule has 0 bridgehead atoms. The van der Waals surface area contributed by atoms with E-state index in [0.717, 1.165) is 11.3 Å². The normalized spacial score (nSPS) is 8.53. The molecule has 0 N–H and O–H groups in total. The van der Waals surface area contributed by atoms with Crippen LogP contribution in [0.1, 0.15) is 5.56 Å². The van der Waals surface area contributed by atoms with Gasteiger partial charge in [0.1, 0.15) is 6.79 Å². The molecule has 0 saturated heterocycles. The molecule has 0 unspecified atom stereocenters. The zero-order valence-corrected chi connectivity index (χ0v) is 9.49. The van der Waals surface area contributed by atoms with Gasteiger partial charge in [0.15, 0.2) is 11.5 Å². The number of ether oxygens (including phenoxy) is 3. The fraction of sp³-hybridized carbons (Fsp3) is 0.364. The van der Waals surface area contributed by atoms with Gasteiger partial charge in [0.05, 0.1) is 21.3 Å². The Kier molecular flexibility index (Phi) is 5.94. The van der Waals surface area contributed by atoms with E-state index in [1.165, 1.54) is 0 Å². The first-order valence-electron chi connectivity index (χ1n) is 4.29. The number of rotatable bonds is 3. The van der Waals surface area contributed by atoms with Crippen molar-refractivity contribution in [1.29, 1.82) is 0 Å². The van der Waals surface area contributed by atoms with Crippen LogP contribution in [0, 0.1) is 6.92 Å². The molecule has 0 aliphatic carbocycles. The molecule has 0 atom stereocenters. The first kappa shape index (κ1) is 13.3. The molecule has 15 heavy (non-hydrogen) atoms. The Labute approximate surface area is 89.8 Å². The molecule has 84 valence electrons. The lowest BCUT2D eigenvalue weighted by molar-refractivity contribution is -0.0979. The van der Waals surface area contributed by atoms with Crippen molar-refractivity contribution in [2.24, 2.45) is 0 Å². The Morgan fingerprint density at radius 3 is 1.87 bits per heavy atom. The third kappa shape index (κ3) is 2.87. The van der Waals surface area contributed by atoms with Crippen molar-refractivity contribution in [2.75, 3.05) is 21.3 Å². The molecule has 0 aliphatic heterocycles. The van der Waals surface area contributed by atoms with Gasteiger partial charge in [-0.05, 0) is 18.6 Å². The van der Waals surface area contributed by atoms with Crippen LogP contribution in [-0.4, -0.2) is 28.1 Å². The first-order valence-corrected chi connectivity index (χ1v) is 4.29. The average Bonchev–Trinajstić information content (AvgIpc) is 2.31. The van der Waals surface area contributed by atoms with E-state index in [4.69, 9.17) is 19.0 Å². The Bertz CT molecular complexity index is 310. The third-order valence-electron chi connectivity index (χ3n) is 1.90. The summed E-state index contributed by atoms with van der Waals surface area (Å²) in [6, 6.07) is 3.79. The van der Waals surface area contributed by atoms with Crippen molar-refractivity contribution in [3.63, 3.8) is 0 Å². The molecular formula is C11H16O4. The van der Waals surface area contributed by atoms with Crippen LogP contribution in [0.2, 0.25) is 0 Å². The average molecular weight is 212 g/mol. The summed E-state index contributed by atoms with van der Waals surface area (Å²) in [6.07, 6.45) is 0. The summed E-state index contributed by atoms with van der Waals surface area (Å²) in [6.45, 7) is 3.96. The molecule has 1 rings (SSSR count). The Hall–Kier alpha value is -1.71. The van der Waals surface area contributed by atoms with Crippen molar-refractivity contribution < 1.29 is 19.0 Å². The second-order valence-electron chi connectivity index (χ2n) is 2.65. The lowest BCUT2D eigenvalue weighted by Crippen LogP contribution is -1.96. The fourth-order valence-electron chi connectivity index (χ4n) is 1.25. The van der Waals surface area contributed by atoms with E-state index in [2.05, 4.69) is 0 Å². The highest BCUT2D eigenvalue weighted by molar-refractivity contribution is 5.55. The van der Waals surface area contributed by atoms with Crippen LogP contribution in [0.5, 0.6) is 17.2 Å². The van der Waals surface area contributed by atoms with Crippen LogP contribution in [0.4, 0.5) is 0 Å². The Morgan fingerprint density at radius 1 is 0.933 bits per heavy atom. The molecule has 0 fully saturated rings. The van der Waals surface area contributed by atoms with Crippen LogP contribution in [-0.2, 0) is 4.79 Å². The lowest BCUT2D eigenvalue weighted by atomic mass is 10.2. The molecular weight excluding hydrogens is 196 g/mol. The standard InChI is InChI=1S/C10H14O3.CH2O/c1-7-5-6-8(11-2)10(13-4)9(7)12-3;1-2/h5-6H,1-4H3;1H2. The summed E-state index contributed by atoms with van der Waals surface area (Å²) in [7, 11) is 4.82. The van der Waals surface area contributed by atoms with Gasteiger partial charge in [-0.15, -0.1) is 0 Å². The monoisotopic (exact) mass is 212 g/mol. The van der Waals surface area contributed by atoms with Gasteiger partial charge in [0, 0.05) is 0 Å². The molecule has 4 nitrogen and oxygen atoms in total. The molecule has 0 aromatic heterocycles. The summed E-state index contributed by atoms with van der Waals surface area (Å²) in [5, 5.41) is 0. The third-order valence-corrected chi connectivity index (χ3v) is 1.90. The predicted molar refractivity (Wildman–Crippen MR) is 58.0 cm³/mol. The minimum Gasteiger partial charge on any atom is -0.493 e. The van der Waals surface area contributed by atoms with Crippen molar-refractivity contribution >= 4 is 6.79 Å². The molecule has 0 aliphatic rings. The van der Waals surface area contributed by atoms with E-state index < -0.39 is 0 Å². The number of aryl methyl sites for hydroxylation is 1. The minimum absolute atomic E-state index is 0.644. The van der Waals surface area contributed by atoms with E-state index >= 15 is 0 Å². The van der Waals surface area contributed by atoms with E-state index in [1.807, 2.05) is 25.8 Å².